The number of carbonyl (C=O) groups excluding carboxylic acids is 2. The third-order valence-electron chi connectivity index (χ3n) is 6.71. The smallest absolute Gasteiger partial charge is 0.246 e. The molecule has 0 unspecified atom stereocenters. The van der Waals surface area contributed by atoms with Gasteiger partial charge in [0.15, 0.2) is 0 Å². The number of nitrogens with zero attached hydrogens (tertiary/aromatic N) is 3. The predicted molar refractivity (Wildman–Crippen MR) is 138 cm³/mol. The van der Waals surface area contributed by atoms with Crippen molar-refractivity contribution in [2.24, 2.45) is 0 Å². The van der Waals surface area contributed by atoms with Gasteiger partial charge in [0.1, 0.15) is 5.76 Å². The zero-order valence-corrected chi connectivity index (χ0v) is 21.0. The topological polar surface area (TPSA) is 70.7 Å². The summed E-state index contributed by atoms with van der Waals surface area (Å²) < 4.78 is 7.66. The summed E-state index contributed by atoms with van der Waals surface area (Å²) in [5, 5.41) is 3.04. The maximum Gasteiger partial charge on any atom is 0.246 e. The van der Waals surface area contributed by atoms with Gasteiger partial charge in [-0.05, 0) is 68.7 Å². The average molecular weight is 475 g/mol. The highest BCUT2D eigenvalue weighted by Crippen LogP contribution is 2.20. The van der Waals surface area contributed by atoms with E-state index in [1.165, 1.54) is 0 Å². The van der Waals surface area contributed by atoms with Crippen LogP contribution in [0.5, 0.6) is 0 Å². The number of rotatable bonds is 7. The Bertz CT molecular complexity index is 1200. The van der Waals surface area contributed by atoms with Crippen LogP contribution >= 0.6 is 0 Å². The first-order valence-electron chi connectivity index (χ1n) is 12.1. The fourth-order valence-electron chi connectivity index (χ4n) is 4.58. The van der Waals surface area contributed by atoms with Gasteiger partial charge in [0.2, 0.25) is 11.8 Å². The average Bonchev–Trinajstić information content (AvgIpc) is 3.44. The molecule has 184 valence electrons. The van der Waals surface area contributed by atoms with Gasteiger partial charge in [-0.15, -0.1) is 0 Å². The molecule has 1 saturated heterocycles. The van der Waals surface area contributed by atoms with E-state index < -0.39 is 0 Å². The number of anilines is 1. The largest absolute Gasteiger partial charge is 0.467 e. The van der Waals surface area contributed by atoms with Crippen LogP contribution in [0, 0.1) is 27.7 Å². The van der Waals surface area contributed by atoms with Crippen LogP contribution in [0.3, 0.4) is 0 Å². The Morgan fingerprint density at radius 2 is 1.71 bits per heavy atom. The van der Waals surface area contributed by atoms with Crippen molar-refractivity contribution in [2.45, 2.75) is 34.2 Å². The summed E-state index contributed by atoms with van der Waals surface area (Å²) in [6.07, 6.45) is 5.23. The van der Waals surface area contributed by atoms with E-state index in [1.807, 2.05) is 55.2 Å². The minimum atomic E-state index is -0.0213. The van der Waals surface area contributed by atoms with E-state index in [4.69, 9.17) is 4.42 Å². The van der Waals surface area contributed by atoms with E-state index in [2.05, 4.69) is 34.7 Å². The maximum absolute atomic E-state index is 12.8. The highest BCUT2D eigenvalue weighted by Gasteiger charge is 2.22. The van der Waals surface area contributed by atoms with Crippen molar-refractivity contribution < 1.29 is 14.0 Å². The van der Waals surface area contributed by atoms with Crippen molar-refractivity contribution >= 4 is 23.6 Å². The number of hydrogen-bond acceptors (Lipinski definition) is 4. The van der Waals surface area contributed by atoms with Crippen molar-refractivity contribution in [1.82, 2.24) is 14.4 Å². The first-order valence-corrected chi connectivity index (χ1v) is 12.1. The Labute approximate surface area is 207 Å². The number of nitrogens with one attached hydrogen (secondary N) is 1. The lowest BCUT2D eigenvalue weighted by molar-refractivity contribution is -0.127. The van der Waals surface area contributed by atoms with E-state index >= 15 is 0 Å². The second-order valence-electron chi connectivity index (χ2n) is 9.24. The van der Waals surface area contributed by atoms with Crippen LogP contribution in [0.15, 0.2) is 53.2 Å². The normalized spacial score (nSPS) is 14.6. The number of benzene rings is 1. The van der Waals surface area contributed by atoms with Crippen molar-refractivity contribution in [1.29, 1.82) is 0 Å². The number of hydrogen-bond donors (Lipinski definition) is 1. The third-order valence-corrected chi connectivity index (χ3v) is 6.71. The summed E-state index contributed by atoms with van der Waals surface area (Å²) >= 11 is 0. The molecule has 1 aromatic carbocycles. The molecule has 1 aliphatic rings. The van der Waals surface area contributed by atoms with E-state index in [9.17, 15) is 9.59 Å². The van der Waals surface area contributed by atoms with Crippen LogP contribution in [0.4, 0.5) is 5.69 Å². The standard InChI is InChI=1S/C28H34N4O3/c1-20-7-5-8-21(2)28(20)29-26(33)19-30-12-14-31(15-13-30)27(34)11-10-24-17-22(3)32(23(24)4)18-25-9-6-16-35-25/h5-11,16-17H,12-15,18-19H2,1-4H3,(H,29,33)/b11-10+. The van der Waals surface area contributed by atoms with Crippen molar-refractivity contribution in [3.8, 4) is 0 Å². The number of carbonyl (C=O) groups is 2. The summed E-state index contributed by atoms with van der Waals surface area (Å²) in [5.74, 6) is 0.881. The molecule has 1 aliphatic heterocycles. The van der Waals surface area contributed by atoms with Gasteiger partial charge in [-0.3, -0.25) is 14.5 Å². The summed E-state index contributed by atoms with van der Waals surface area (Å²) in [7, 11) is 0. The molecule has 0 bridgehead atoms. The Hall–Kier alpha value is -3.58. The zero-order chi connectivity index (χ0) is 24.9. The molecule has 1 fully saturated rings. The van der Waals surface area contributed by atoms with Gasteiger partial charge in [-0.1, -0.05) is 18.2 Å². The zero-order valence-electron chi connectivity index (χ0n) is 21.0. The van der Waals surface area contributed by atoms with E-state index in [1.54, 1.807) is 12.3 Å². The van der Waals surface area contributed by atoms with Gasteiger partial charge in [0, 0.05) is 49.3 Å². The van der Waals surface area contributed by atoms with Crippen LogP contribution in [-0.2, 0) is 16.1 Å². The van der Waals surface area contributed by atoms with Gasteiger partial charge >= 0.3 is 0 Å². The molecule has 0 atom stereocenters. The Morgan fingerprint density at radius 1 is 1.00 bits per heavy atom. The molecule has 2 amide bonds. The summed E-state index contributed by atoms with van der Waals surface area (Å²) in [5.41, 5.74) is 6.26. The summed E-state index contributed by atoms with van der Waals surface area (Å²) in [4.78, 5) is 29.3. The van der Waals surface area contributed by atoms with Crippen LogP contribution in [-0.4, -0.2) is 58.9 Å². The molecule has 35 heavy (non-hydrogen) atoms. The number of piperazine rings is 1. The lowest BCUT2D eigenvalue weighted by Gasteiger charge is -2.33. The summed E-state index contributed by atoms with van der Waals surface area (Å²) in [6, 6.07) is 11.9. The minimum absolute atomic E-state index is 0.000439. The lowest BCUT2D eigenvalue weighted by Crippen LogP contribution is -2.50. The Balaban J connectivity index is 1.28. The van der Waals surface area contributed by atoms with Gasteiger partial charge < -0.3 is 19.2 Å². The Morgan fingerprint density at radius 3 is 2.37 bits per heavy atom. The van der Waals surface area contributed by atoms with Gasteiger partial charge in [-0.2, -0.15) is 0 Å². The van der Waals surface area contributed by atoms with E-state index in [-0.39, 0.29) is 11.8 Å². The molecular weight excluding hydrogens is 440 g/mol. The molecule has 0 radical (unpaired) electrons. The number of amides is 2. The summed E-state index contributed by atoms with van der Waals surface area (Å²) in [6.45, 7) is 11.7. The monoisotopic (exact) mass is 474 g/mol. The SMILES string of the molecule is Cc1cccc(C)c1NC(=O)CN1CCN(C(=O)/C=C/c2cc(C)n(Cc3ccco3)c2C)CC1. The predicted octanol–water partition coefficient (Wildman–Crippen LogP) is 4.16. The Kier molecular flexibility index (Phi) is 7.56. The lowest BCUT2D eigenvalue weighted by atomic mass is 10.1. The molecule has 0 saturated carbocycles. The molecule has 7 nitrogen and oxygen atoms in total. The van der Waals surface area contributed by atoms with Crippen molar-refractivity contribution in [3.05, 3.63) is 82.6 Å². The van der Waals surface area contributed by atoms with Crippen LogP contribution in [0.25, 0.3) is 6.08 Å². The molecule has 7 heteroatoms. The molecule has 3 heterocycles. The van der Waals surface area contributed by atoms with Gasteiger partial charge in [0.25, 0.3) is 0 Å². The number of aromatic nitrogens is 1. The van der Waals surface area contributed by atoms with E-state index in [0.717, 1.165) is 39.5 Å². The van der Waals surface area contributed by atoms with Crippen molar-refractivity contribution in [3.63, 3.8) is 0 Å². The van der Waals surface area contributed by atoms with Crippen LogP contribution in [0.1, 0.15) is 33.8 Å². The molecule has 0 aliphatic carbocycles. The fourth-order valence-corrected chi connectivity index (χ4v) is 4.58. The molecule has 0 spiro atoms. The second kappa shape index (κ2) is 10.8. The van der Waals surface area contributed by atoms with E-state index in [0.29, 0.717) is 39.3 Å². The molecular formula is C28H34N4O3. The van der Waals surface area contributed by atoms with Crippen LogP contribution in [0.2, 0.25) is 0 Å². The fraction of sp³-hybridized carbons (Fsp3) is 0.357. The highest BCUT2D eigenvalue weighted by molar-refractivity contribution is 5.94. The van der Waals surface area contributed by atoms with Crippen molar-refractivity contribution in [2.75, 3.05) is 38.0 Å². The molecule has 4 rings (SSSR count). The third kappa shape index (κ3) is 5.92. The number of para-hydroxylation sites is 1. The molecule has 2 aromatic heterocycles. The first kappa shape index (κ1) is 24.5. The quantitative estimate of drug-likeness (QED) is 0.522. The number of aryl methyl sites for hydroxylation is 3. The van der Waals surface area contributed by atoms with Gasteiger partial charge in [0.05, 0.1) is 19.4 Å². The van der Waals surface area contributed by atoms with Gasteiger partial charge in [-0.25, -0.2) is 0 Å². The maximum atomic E-state index is 12.8. The minimum Gasteiger partial charge on any atom is -0.467 e. The highest BCUT2D eigenvalue weighted by atomic mass is 16.3. The first-order chi connectivity index (χ1) is 16.8. The van der Waals surface area contributed by atoms with Crippen LogP contribution < -0.4 is 5.32 Å². The molecule has 1 N–H and O–H groups in total. The second-order valence-corrected chi connectivity index (χ2v) is 9.24. The molecule has 3 aromatic rings. The number of furan rings is 1.